The molecular weight excluding hydrogens is 434 g/mol. The number of carbonyl (C=O) groups is 1. The molecule has 0 saturated heterocycles. The molecule has 0 radical (unpaired) electrons. The van der Waals surface area contributed by atoms with Gasteiger partial charge in [-0.25, -0.2) is 5.10 Å². The molecule has 4 aromatic rings. The van der Waals surface area contributed by atoms with E-state index in [1.54, 1.807) is 42.5 Å². The fourth-order valence-electron chi connectivity index (χ4n) is 3.42. The first kappa shape index (κ1) is 21.2. The Bertz CT molecular complexity index is 1270. The molecule has 34 heavy (non-hydrogen) atoms. The predicted molar refractivity (Wildman–Crippen MR) is 125 cm³/mol. The fourth-order valence-corrected chi connectivity index (χ4v) is 3.42. The Hall–Kier alpha value is -4.66. The third-order valence-electron chi connectivity index (χ3n) is 5.12. The van der Waals surface area contributed by atoms with Gasteiger partial charge in [0.15, 0.2) is 23.4 Å². The van der Waals surface area contributed by atoms with Gasteiger partial charge in [-0.3, -0.25) is 4.79 Å². The fraction of sp³-hybridized carbons (Fsp3) is 0.120. The van der Waals surface area contributed by atoms with Crippen LogP contribution in [0, 0.1) is 0 Å². The van der Waals surface area contributed by atoms with Gasteiger partial charge in [-0.05, 0) is 58.5 Å². The van der Waals surface area contributed by atoms with Crippen LogP contribution in [0.1, 0.15) is 27.8 Å². The largest absolute Gasteiger partial charge is 0.490 e. The normalized spacial score (nSPS) is 14.6. The number of tetrazole rings is 1. The number of amides is 1. The van der Waals surface area contributed by atoms with Crippen LogP contribution in [0.15, 0.2) is 78.9 Å². The Morgan fingerprint density at radius 2 is 1.94 bits per heavy atom. The lowest BCUT2D eigenvalue weighted by Gasteiger charge is -2.26. The van der Waals surface area contributed by atoms with E-state index in [2.05, 4.69) is 25.9 Å². The Labute approximate surface area is 195 Å². The van der Waals surface area contributed by atoms with Crippen molar-refractivity contribution in [3.8, 4) is 17.2 Å². The number of para-hydroxylation sites is 1. The zero-order valence-corrected chi connectivity index (χ0v) is 18.0. The van der Waals surface area contributed by atoms with Crippen molar-refractivity contribution in [3.63, 3.8) is 0 Å². The molecule has 1 unspecified atom stereocenters. The summed E-state index contributed by atoms with van der Waals surface area (Å²) in [4.78, 5) is 12.8. The zero-order chi connectivity index (χ0) is 23.2. The lowest BCUT2D eigenvalue weighted by Crippen LogP contribution is -2.24. The summed E-state index contributed by atoms with van der Waals surface area (Å²) < 4.78 is 17.5. The molecule has 0 fully saturated rings. The SMILES string of the molecule is O=C(Nc1cccc2c1OC(c1nnn[nH]1)CO2)c1ccc(OCC=Cc2ccccc2)cc1. The topological polar surface area (TPSA) is 111 Å². The number of nitrogens with zero attached hydrogens (tertiary/aromatic N) is 3. The van der Waals surface area contributed by atoms with E-state index in [-0.39, 0.29) is 12.5 Å². The number of nitrogens with one attached hydrogen (secondary N) is 2. The summed E-state index contributed by atoms with van der Waals surface area (Å²) in [5.74, 6) is 1.80. The van der Waals surface area contributed by atoms with Crippen LogP contribution in [-0.4, -0.2) is 39.7 Å². The molecule has 9 nitrogen and oxygen atoms in total. The van der Waals surface area contributed by atoms with Crippen molar-refractivity contribution < 1.29 is 19.0 Å². The van der Waals surface area contributed by atoms with Gasteiger partial charge in [-0.1, -0.05) is 42.5 Å². The van der Waals surface area contributed by atoms with Crippen molar-refractivity contribution in [3.05, 3.63) is 95.8 Å². The number of fused-ring (bicyclic) bond motifs is 1. The maximum absolute atomic E-state index is 12.8. The van der Waals surface area contributed by atoms with Crippen LogP contribution in [0.4, 0.5) is 5.69 Å². The molecule has 5 rings (SSSR count). The molecule has 1 aliphatic heterocycles. The van der Waals surface area contributed by atoms with E-state index < -0.39 is 6.10 Å². The highest BCUT2D eigenvalue weighted by Gasteiger charge is 2.28. The van der Waals surface area contributed by atoms with E-state index in [1.165, 1.54) is 0 Å². The molecule has 1 aliphatic rings. The van der Waals surface area contributed by atoms with Crippen LogP contribution in [0.2, 0.25) is 0 Å². The maximum atomic E-state index is 12.8. The molecule has 0 saturated carbocycles. The summed E-state index contributed by atoms with van der Waals surface area (Å²) >= 11 is 0. The molecule has 0 spiro atoms. The Morgan fingerprint density at radius 1 is 1.09 bits per heavy atom. The Balaban J connectivity index is 1.21. The number of hydrogen-bond acceptors (Lipinski definition) is 7. The zero-order valence-electron chi connectivity index (χ0n) is 18.0. The van der Waals surface area contributed by atoms with E-state index >= 15 is 0 Å². The molecule has 1 atom stereocenters. The third kappa shape index (κ3) is 4.88. The van der Waals surface area contributed by atoms with Crippen molar-refractivity contribution >= 4 is 17.7 Å². The molecule has 1 amide bonds. The van der Waals surface area contributed by atoms with E-state index in [1.807, 2.05) is 42.5 Å². The highest BCUT2D eigenvalue weighted by atomic mass is 16.6. The second-order valence-corrected chi connectivity index (χ2v) is 7.44. The van der Waals surface area contributed by atoms with Crippen molar-refractivity contribution in [1.82, 2.24) is 20.6 Å². The lowest BCUT2D eigenvalue weighted by atomic mass is 10.2. The average molecular weight is 455 g/mol. The minimum absolute atomic E-state index is 0.253. The number of anilines is 1. The predicted octanol–water partition coefficient (Wildman–Crippen LogP) is 4.06. The summed E-state index contributed by atoms with van der Waals surface area (Å²) in [5.41, 5.74) is 2.09. The standard InChI is InChI=1S/C25H21N5O4/c31-25(18-11-13-19(14-12-18)32-15-5-8-17-6-2-1-3-7-17)26-20-9-4-10-21-23(20)34-22(16-33-21)24-27-29-30-28-24/h1-14,22H,15-16H2,(H,26,31)(H,27,28,29,30). The highest BCUT2D eigenvalue weighted by molar-refractivity contribution is 6.05. The quantitative estimate of drug-likeness (QED) is 0.432. The van der Waals surface area contributed by atoms with Gasteiger partial charge in [-0.15, -0.1) is 5.10 Å². The van der Waals surface area contributed by atoms with Crippen molar-refractivity contribution in [1.29, 1.82) is 0 Å². The summed E-state index contributed by atoms with van der Waals surface area (Å²) in [6.45, 7) is 0.680. The first-order valence-electron chi connectivity index (χ1n) is 10.7. The summed E-state index contributed by atoms with van der Waals surface area (Å²) in [5, 5.41) is 16.6. The van der Waals surface area contributed by atoms with Crippen molar-refractivity contribution in [2.24, 2.45) is 0 Å². The monoisotopic (exact) mass is 455 g/mol. The molecule has 170 valence electrons. The number of carbonyl (C=O) groups excluding carboxylic acids is 1. The number of benzene rings is 3. The van der Waals surface area contributed by atoms with Gasteiger partial charge < -0.3 is 19.5 Å². The van der Waals surface area contributed by atoms with Gasteiger partial charge in [0.1, 0.15) is 19.0 Å². The third-order valence-corrected chi connectivity index (χ3v) is 5.12. The molecule has 2 heterocycles. The first-order chi connectivity index (χ1) is 16.8. The minimum Gasteiger partial charge on any atom is -0.490 e. The summed E-state index contributed by atoms with van der Waals surface area (Å²) in [6, 6.07) is 22.3. The smallest absolute Gasteiger partial charge is 0.255 e. The van der Waals surface area contributed by atoms with Gasteiger partial charge in [0, 0.05) is 5.56 Å². The van der Waals surface area contributed by atoms with Crippen LogP contribution in [0.3, 0.4) is 0 Å². The second kappa shape index (κ2) is 9.86. The van der Waals surface area contributed by atoms with Gasteiger partial charge >= 0.3 is 0 Å². The number of aromatic amines is 1. The van der Waals surface area contributed by atoms with Crippen LogP contribution in [0.25, 0.3) is 6.08 Å². The molecule has 3 aromatic carbocycles. The van der Waals surface area contributed by atoms with Gasteiger partial charge in [0.25, 0.3) is 5.91 Å². The van der Waals surface area contributed by atoms with E-state index in [0.29, 0.717) is 40.9 Å². The van der Waals surface area contributed by atoms with Crippen LogP contribution in [-0.2, 0) is 0 Å². The van der Waals surface area contributed by atoms with E-state index in [9.17, 15) is 4.79 Å². The minimum atomic E-state index is -0.507. The average Bonchev–Trinajstić information content (AvgIpc) is 3.43. The number of ether oxygens (including phenoxy) is 3. The summed E-state index contributed by atoms with van der Waals surface area (Å²) in [7, 11) is 0. The number of hydrogen-bond donors (Lipinski definition) is 2. The van der Waals surface area contributed by atoms with Crippen LogP contribution < -0.4 is 19.5 Å². The van der Waals surface area contributed by atoms with E-state index in [0.717, 1.165) is 5.56 Å². The number of rotatable bonds is 7. The summed E-state index contributed by atoms with van der Waals surface area (Å²) in [6.07, 6.45) is 3.43. The highest BCUT2D eigenvalue weighted by Crippen LogP contribution is 2.41. The maximum Gasteiger partial charge on any atom is 0.255 e. The van der Waals surface area contributed by atoms with Crippen LogP contribution >= 0.6 is 0 Å². The molecule has 0 aliphatic carbocycles. The molecular formula is C25H21N5O4. The molecule has 0 bridgehead atoms. The first-order valence-corrected chi connectivity index (χ1v) is 10.7. The number of aromatic nitrogens is 4. The van der Waals surface area contributed by atoms with Gasteiger partial charge in [0.05, 0.1) is 5.69 Å². The Morgan fingerprint density at radius 3 is 2.74 bits per heavy atom. The molecule has 2 N–H and O–H groups in total. The Kier molecular flexibility index (Phi) is 6.15. The molecule has 1 aromatic heterocycles. The molecule has 9 heteroatoms. The second-order valence-electron chi connectivity index (χ2n) is 7.44. The van der Waals surface area contributed by atoms with Crippen molar-refractivity contribution in [2.45, 2.75) is 6.10 Å². The number of H-pyrrole nitrogens is 1. The van der Waals surface area contributed by atoms with Crippen molar-refractivity contribution in [2.75, 3.05) is 18.5 Å². The van der Waals surface area contributed by atoms with E-state index in [4.69, 9.17) is 14.2 Å². The van der Waals surface area contributed by atoms with Gasteiger partial charge in [0.2, 0.25) is 0 Å². The lowest BCUT2D eigenvalue weighted by molar-refractivity contribution is 0.0856. The van der Waals surface area contributed by atoms with Crippen LogP contribution in [0.5, 0.6) is 17.2 Å². The van der Waals surface area contributed by atoms with Gasteiger partial charge in [-0.2, -0.15) is 0 Å².